The van der Waals surface area contributed by atoms with Crippen LogP contribution in [0.5, 0.6) is 0 Å². The molecule has 4 heterocycles. The molecule has 2 aromatic carbocycles. The molecule has 1 aliphatic rings. The van der Waals surface area contributed by atoms with Crippen LogP contribution < -0.4 is 10.4 Å². The number of fused-ring (bicyclic) bond motifs is 8. The van der Waals surface area contributed by atoms with Gasteiger partial charge in [-0.25, -0.2) is 15.0 Å². The van der Waals surface area contributed by atoms with Crippen LogP contribution in [-0.2, 0) is 46.9 Å². The van der Waals surface area contributed by atoms with Gasteiger partial charge in [0.05, 0.1) is 30.8 Å². The molecule has 0 radical (unpaired) electrons. The van der Waals surface area contributed by atoms with Gasteiger partial charge in [0, 0.05) is 59.0 Å². The lowest BCUT2D eigenvalue weighted by atomic mass is 9.84. The first-order valence-corrected chi connectivity index (χ1v) is 34.3. The number of hydrogen-bond acceptors (Lipinski definition) is 16. The van der Waals surface area contributed by atoms with Crippen LogP contribution >= 0.6 is 0 Å². The summed E-state index contributed by atoms with van der Waals surface area (Å²) < 4.78 is 61.8. The van der Waals surface area contributed by atoms with Gasteiger partial charge in [0.1, 0.15) is 43.2 Å². The molecule has 0 fully saturated rings. The number of cyclic esters (lactones) is 1. The molecule has 454 valence electrons. The van der Waals surface area contributed by atoms with Crippen LogP contribution in [0, 0.1) is 23.7 Å². The number of esters is 1. The molecule has 0 N–H and O–H groups in total. The molecular weight excluding hydrogens is 1090 g/mol. The van der Waals surface area contributed by atoms with E-state index in [4.69, 9.17) is 45.8 Å². The van der Waals surface area contributed by atoms with E-state index >= 15 is 0 Å². The highest BCUT2D eigenvalue weighted by Gasteiger charge is 2.50. The molecule has 3 aromatic heterocycles. The number of Topliss-reactive ketones (excluding diaryl/α,β-unsaturated/α-hetero) is 1. The Hall–Kier alpha value is -5.45. The molecule has 6 bridgehead atoms. The Balaban J connectivity index is 1.19. The van der Waals surface area contributed by atoms with E-state index < -0.39 is 52.9 Å². The van der Waals surface area contributed by atoms with E-state index in [1.54, 1.807) is 26.4 Å². The lowest BCUT2D eigenvalue weighted by molar-refractivity contribution is -0.163. The van der Waals surface area contributed by atoms with E-state index in [1.165, 1.54) is 42.3 Å². The molecule has 9 atom stereocenters. The van der Waals surface area contributed by atoms with Crippen LogP contribution in [0.15, 0.2) is 105 Å². The molecule has 16 nitrogen and oxygen atoms in total. The van der Waals surface area contributed by atoms with Gasteiger partial charge < -0.3 is 45.8 Å². The van der Waals surface area contributed by atoms with Crippen LogP contribution in [0.25, 0.3) is 35.3 Å². The Morgan fingerprint density at radius 1 is 0.771 bits per heavy atom. The summed E-state index contributed by atoms with van der Waals surface area (Å²) in [4.78, 5) is 55.4. The quantitative estimate of drug-likeness (QED) is 0.0360. The molecule has 6 rings (SSSR count). The van der Waals surface area contributed by atoms with Crippen molar-refractivity contribution in [3.05, 3.63) is 103 Å². The number of oxazole rings is 3. The minimum absolute atomic E-state index is 0.00856. The van der Waals surface area contributed by atoms with Gasteiger partial charge in [0.25, 0.3) is 8.32 Å². The number of methoxy groups -OCH3 is 3. The Morgan fingerprint density at radius 3 is 2.04 bits per heavy atom. The molecule has 0 spiro atoms. The van der Waals surface area contributed by atoms with Crippen LogP contribution in [0.3, 0.4) is 0 Å². The molecule has 0 saturated heterocycles. The average molecular weight is 1180 g/mol. The zero-order valence-electron chi connectivity index (χ0n) is 51.9. The summed E-state index contributed by atoms with van der Waals surface area (Å²) in [6.07, 6.45) is 11.8. The number of ether oxygens (including phenoxy) is 5. The maximum absolute atomic E-state index is 14.7. The Labute approximate surface area is 495 Å². The average Bonchev–Trinajstić information content (AvgIpc) is 3.70. The third-order valence-corrected chi connectivity index (χ3v) is 26.4. The maximum Gasteiger partial charge on any atom is 0.308 e. The van der Waals surface area contributed by atoms with Gasteiger partial charge >= 0.3 is 5.97 Å². The number of benzene rings is 2. The summed E-state index contributed by atoms with van der Waals surface area (Å²) in [5.41, 5.74) is 1.15. The summed E-state index contributed by atoms with van der Waals surface area (Å²) in [7, 11) is -0.347. The third kappa shape index (κ3) is 18.0. The van der Waals surface area contributed by atoms with Gasteiger partial charge in [0.2, 0.25) is 17.7 Å². The highest BCUT2D eigenvalue weighted by Crippen LogP contribution is 2.41. The van der Waals surface area contributed by atoms with Crippen molar-refractivity contribution in [2.24, 2.45) is 23.7 Å². The largest absolute Gasteiger partial charge is 0.462 e. The molecule has 0 amide bonds. The van der Waals surface area contributed by atoms with E-state index in [9.17, 15) is 14.4 Å². The van der Waals surface area contributed by atoms with Gasteiger partial charge in [-0.3, -0.25) is 14.4 Å². The summed E-state index contributed by atoms with van der Waals surface area (Å²) >= 11 is 0. The van der Waals surface area contributed by atoms with Crippen molar-refractivity contribution in [2.75, 3.05) is 34.7 Å². The van der Waals surface area contributed by atoms with Crippen molar-refractivity contribution < 1.29 is 60.2 Å². The van der Waals surface area contributed by atoms with E-state index in [-0.39, 0.29) is 76.9 Å². The van der Waals surface area contributed by atoms with Crippen LogP contribution in [0.2, 0.25) is 23.2 Å². The minimum atomic E-state index is -2.79. The standard InChI is InChI=1S/C65H93N3O13Si2/c1-44(32-35-55(70)46(3)61(81-82(14,15)64(5,6)7)45(2)36-37-79-83(65(8,9)10,51-26-18-16-19-27-51)52-28-20-17-21-29-52)57(74-13)39-58-47(4)56(73-12)30-23-31-59-67-53(41-75-59)63-68-54(42-77-63)62-66-48(40-76-62)33-34-49(69)24-22-25-50(78-43-72-11)38-60(71)80-58/h16-21,23,26-29,31,33-34,40-42,44-47,50,56-58,61H,22,24-25,30,32,35-39,43H2,1-15H3/b31-23+,34-33+/t44-,45+,46-,47-,50+,56+,57+,58+,61+/m0/s1. The van der Waals surface area contributed by atoms with Crippen LogP contribution in [0.1, 0.15) is 139 Å². The predicted molar refractivity (Wildman–Crippen MR) is 328 cm³/mol. The zero-order valence-corrected chi connectivity index (χ0v) is 53.9. The number of allylic oxidation sites excluding steroid dienone is 1. The second kappa shape index (κ2) is 30.6. The van der Waals surface area contributed by atoms with Gasteiger partial charge in [-0.2, -0.15) is 0 Å². The molecule has 0 saturated carbocycles. The number of hydrogen-bond donors (Lipinski definition) is 0. The fraction of sp³-hybridized carbons (Fsp3) is 0.569. The van der Waals surface area contributed by atoms with Crippen molar-refractivity contribution in [3.8, 4) is 23.2 Å². The smallest absolute Gasteiger partial charge is 0.308 e. The lowest BCUT2D eigenvalue weighted by Gasteiger charge is -2.44. The monoisotopic (exact) mass is 1180 g/mol. The molecule has 18 heteroatoms. The molecule has 0 unspecified atom stereocenters. The molecule has 1 aliphatic heterocycles. The third-order valence-electron chi connectivity index (χ3n) is 16.9. The number of nitrogens with zero attached hydrogens (tertiary/aromatic N) is 3. The van der Waals surface area contributed by atoms with E-state index in [0.717, 1.165) is 0 Å². The minimum Gasteiger partial charge on any atom is -0.462 e. The first-order valence-electron chi connectivity index (χ1n) is 29.5. The maximum atomic E-state index is 14.7. The predicted octanol–water partition coefficient (Wildman–Crippen LogP) is 13.1. The molecule has 83 heavy (non-hydrogen) atoms. The lowest BCUT2D eigenvalue weighted by Crippen LogP contribution is -2.66. The first kappa shape index (κ1) is 66.7. The Bertz CT molecular complexity index is 2810. The first-order chi connectivity index (χ1) is 39.4. The molecule has 0 aliphatic carbocycles. The Kier molecular flexibility index (Phi) is 24.6. The normalized spacial score (nSPS) is 21.0. The molecule has 5 aromatic rings. The molecular formula is C65H93N3O13Si2. The number of carbonyl (C=O) groups excluding carboxylic acids is 3. The topological polar surface area (TPSA) is 194 Å². The summed E-state index contributed by atoms with van der Waals surface area (Å²) in [5.74, 6) is -0.570. The van der Waals surface area contributed by atoms with Gasteiger partial charge in [0.15, 0.2) is 25.5 Å². The number of carbonyl (C=O) groups is 3. The van der Waals surface area contributed by atoms with Crippen molar-refractivity contribution >= 4 is 56.7 Å². The second-order valence-corrected chi connectivity index (χ2v) is 34.0. The zero-order chi connectivity index (χ0) is 60.5. The fourth-order valence-corrected chi connectivity index (χ4v) is 16.8. The summed E-state index contributed by atoms with van der Waals surface area (Å²) in [6, 6.07) is 21.4. The van der Waals surface area contributed by atoms with E-state index in [2.05, 4.69) is 144 Å². The van der Waals surface area contributed by atoms with E-state index in [1.807, 2.05) is 19.9 Å². The number of rotatable bonds is 22. The van der Waals surface area contributed by atoms with Crippen molar-refractivity contribution in [1.29, 1.82) is 0 Å². The Morgan fingerprint density at radius 2 is 1.41 bits per heavy atom. The van der Waals surface area contributed by atoms with Crippen molar-refractivity contribution in [2.45, 2.75) is 181 Å². The number of aromatic nitrogens is 3. The summed E-state index contributed by atoms with van der Waals surface area (Å²) in [6.45, 7) is 26.9. The van der Waals surface area contributed by atoms with E-state index in [0.29, 0.717) is 74.5 Å². The fourth-order valence-electron chi connectivity index (χ4n) is 10.8. The number of ketones is 2. The van der Waals surface area contributed by atoms with Crippen molar-refractivity contribution in [3.63, 3.8) is 0 Å². The van der Waals surface area contributed by atoms with Crippen LogP contribution in [0.4, 0.5) is 0 Å². The van der Waals surface area contributed by atoms with Gasteiger partial charge in [-0.15, -0.1) is 0 Å². The highest BCUT2D eigenvalue weighted by atomic mass is 28.4. The summed E-state index contributed by atoms with van der Waals surface area (Å²) in [5, 5.41) is 2.21. The highest BCUT2D eigenvalue weighted by molar-refractivity contribution is 6.99. The SMILES string of the molecule is COCO[C@@H]1CCCC(=O)/C=C/c2coc(n2)-c2coc(n2)-c2coc(n2)/C=C/C[C@@H](OC)[C@H](C)[C@@H](C[C@@H](OC)[C@@H](C)CCC(=O)[C@H](C)[C@H](O[Si](C)(C)C(C)(C)C)[C@H](C)CCO[Si](c2ccccc2)(c2ccccc2)C(C)(C)C)OC(=O)C1. The van der Waals surface area contributed by atoms with Gasteiger partial charge in [-0.05, 0) is 95.7 Å². The van der Waals surface area contributed by atoms with Crippen molar-refractivity contribution in [1.82, 2.24) is 15.0 Å². The van der Waals surface area contributed by atoms with Gasteiger partial charge in [-0.1, -0.05) is 136 Å². The second-order valence-electron chi connectivity index (χ2n) is 25.0. The van der Waals surface area contributed by atoms with Crippen LogP contribution in [-0.4, -0.2) is 114 Å².